The van der Waals surface area contributed by atoms with Crippen molar-refractivity contribution in [3.05, 3.63) is 71.8 Å². The summed E-state index contributed by atoms with van der Waals surface area (Å²) in [6, 6.07) is 14.9. The largest absolute Gasteiger partial charge is 0.348 e. The van der Waals surface area contributed by atoms with E-state index in [2.05, 4.69) is 16.7 Å². The monoisotopic (exact) mass is 421 g/mol. The SMILES string of the molecule is CN(c1ccccc1)S(=O)(=O)c1ccc(C(=O)NCC2=CCNCC2)cc1.Cl. The number of benzene rings is 2. The number of amides is 1. The molecule has 6 nitrogen and oxygen atoms in total. The lowest BCUT2D eigenvalue weighted by Gasteiger charge is -2.19. The van der Waals surface area contributed by atoms with E-state index in [0.717, 1.165) is 19.5 Å². The lowest BCUT2D eigenvalue weighted by Crippen LogP contribution is -2.29. The van der Waals surface area contributed by atoms with E-state index in [9.17, 15) is 13.2 Å². The number of nitrogens with zero attached hydrogens (tertiary/aromatic N) is 1. The standard InChI is InChI=1S/C20H23N3O3S.ClH/c1-23(18-5-3-2-4-6-18)27(25,26)19-9-7-17(8-10-19)20(24)22-15-16-11-13-21-14-12-16;/h2-11,21H,12-15H2,1H3,(H,22,24);1H. The van der Waals surface area contributed by atoms with Crippen LogP contribution in [0.3, 0.4) is 0 Å². The fourth-order valence-electron chi connectivity index (χ4n) is 2.84. The number of carbonyl (C=O) groups is 1. The second-order valence-corrected chi connectivity index (χ2v) is 8.30. The zero-order valence-electron chi connectivity index (χ0n) is 15.6. The Morgan fingerprint density at radius 2 is 1.79 bits per heavy atom. The molecule has 0 unspecified atom stereocenters. The van der Waals surface area contributed by atoms with E-state index in [1.54, 1.807) is 24.3 Å². The average Bonchev–Trinajstić information content (AvgIpc) is 2.73. The third kappa shape index (κ3) is 5.13. The highest BCUT2D eigenvalue weighted by Gasteiger charge is 2.21. The van der Waals surface area contributed by atoms with Crippen LogP contribution in [0, 0.1) is 0 Å². The molecule has 0 saturated carbocycles. The minimum atomic E-state index is -3.68. The van der Waals surface area contributed by atoms with Gasteiger partial charge in [0.15, 0.2) is 0 Å². The molecule has 1 aliphatic heterocycles. The summed E-state index contributed by atoms with van der Waals surface area (Å²) in [5.41, 5.74) is 2.21. The first-order valence-electron chi connectivity index (χ1n) is 8.79. The van der Waals surface area contributed by atoms with Crippen molar-refractivity contribution in [1.82, 2.24) is 10.6 Å². The molecule has 0 saturated heterocycles. The summed E-state index contributed by atoms with van der Waals surface area (Å²) in [4.78, 5) is 12.4. The van der Waals surface area contributed by atoms with Crippen LogP contribution in [0.15, 0.2) is 71.1 Å². The van der Waals surface area contributed by atoms with E-state index in [0.29, 0.717) is 17.8 Å². The van der Waals surface area contributed by atoms with Gasteiger partial charge in [0, 0.05) is 25.7 Å². The molecule has 2 N–H and O–H groups in total. The third-order valence-electron chi connectivity index (χ3n) is 4.53. The predicted molar refractivity (Wildman–Crippen MR) is 114 cm³/mol. The van der Waals surface area contributed by atoms with E-state index in [1.165, 1.54) is 41.2 Å². The predicted octanol–water partition coefficient (Wildman–Crippen LogP) is 2.58. The molecule has 28 heavy (non-hydrogen) atoms. The molecule has 0 spiro atoms. The summed E-state index contributed by atoms with van der Waals surface area (Å²) in [5.74, 6) is -0.213. The molecular weight excluding hydrogens is 398 g/mol. The third-order valence-corrected chi connectivity index (χ3v) is 6.33. The van der Waals surface area contributed by atoms with E-state index < -0.39 is 10.0 Å². The number of anilines is 1. The summed E-state index contributed by atoms with van der Waals surface area (Å²) < 4.78 is 26.7. The van der Waals surface area contributed by atoms with Crippen molar-refractivity contribution < 1.29 is 13.2 Å². The molecule has 1 heterocycles. The van der Waals surface area contributed by atoms with Crippen LogP contribution in [-0.2, 0) is 10.0 Å². The van der Waals surface area contributed by atoms with E-state index in [4.69, 9.17) is 0 Å². The molecule has 0 radical (unpaired) electrons. The molecule has 2 aromatic carbocycles. The van der Waals surface area contributed by atoms with Crippen LogP contribution >= 0.6 is 12.4 Å². The average molecular weight is 422 g/mol. The fraction of sp³-hybridized carbons (Fsp3) is 0.250. The number of rotatable bonds is 6. The van der Waals surface area contributed by atoms with Crippen LogP contribution < -0.4 is 14.9 Å². The van der Waals surface area contributed by atoms with Gasteiger partial charge in [-0.2, -0.15) is 0 Å². The maximum Gasteiger partial charge on any atom is 0.264 e. The topological polar surface area (TPSA) is 78.5 Å². The Morgan fingerprint density at radius 1 is 1.11 bits per heavy atom. The van der Waals surface area contributed by atoms with E-state index in [-0.39, 0.29) is 23.2 Å². The molecule has 1 aliphatic rings. The van der Waals surface area contributed by atoms with Crippen LogP contribution in [0.25, 0.3) is 0 Å². The zero-order chi connectivity index (χ0) is 19.3. The molecule has 150 valence electrons. The van der Waals surface area contributed by atoms with Gasteiger partial charge in [0.05, 0.1) is 10.6 Å². The Kier molecular flexibility index (Phi) is 7.62. The lowest BCUT2D eigenvalue weighted by molar-refractivity contribution is 0.0956. The molecule has 0 aliphatic carbocycles. The highest BCUT2D eigenvalue weighted by Crippen LogP contribution is 2.21. The maximum absolute atomic E-state index is 12.8. The first-order chi connectivity index (χ1) is 13.0. The number of hydrogen-bond donors (Lipinski definition) is 2. The van der Waals surface area contributed by atoms with Crippen molar-refractivity contribution in [3.8, 4) is 0 Å². The van der Waals surface area contributed by atoms with Gasteiger partial charge in [-0.1, -0.05) is 29.8 Å². The molecule has 0 aromatic heterocycles. The van der Waals surface area contributed by atoms with Gasteiger partial charge in [0.25, 0.3) is 15.9 Å². The Hall–Kier alpha value is -2.35. The molecule has 2 aromatic rings. The van der Waals surface area contributed by atoms with Gasteiger partial charge in [0.2, 0.25) is 0 Å². The van der Waals surface area contributed by atoms with Gasteiger partial charge in [-0.3, -0.25) is 9.10 Å². The van der Waals surface area contributed by atoms with Crippen LogP contribution in [-0.4, -0.2) is 41.0 Å². The minimum Gasteiger partial charge on any atom is -0.348 e. The number of para-hydroxylation sites is 1. The second-order valence-electron chi connectivity index (χ2n) is 6.33. The van der Waals surface area contributed by atoms with Crippen molar-refractivity contribution in [1.29, 1.82) is 0 Å². The van der Waals surface area contributed by atoms with Crippen LogP contribution in [0.2, 0.25) is 0 Å². The van der Waals surface area contributed by atoms with Gasteiger partial charge in [0.1, 0.15) is 0 Å². The van der Waals surface area contributed by atoms with Gasteiger partial charge < -0.3 is 10.6 Å². The zero-order valence-corrected chi connectivity index (χ0v) is 17.2. The fourth-order valence-corrected chi connectivity index (χ4v) is 4.03. The first-order valence-corrected chi connectivity index (χ1v) is 10.2. The molecule has 8 heteroatoms. The van der Waals surface area contributed by atoms with Crippen molar-refractivity contribution in [3.63, 3.8) is 0 Å². The Labute approximate surface area is 172 Å². The second kappa shape index (κ2) is 9.73. The Balaban J connectivity index is 0.00000280. The lowest BCUT2D eigenvalue weighted by atomic mass is 10.1. The quantitative estimate of drug-likeness (QED) is 0.703. The van der Waals surface area contributed by atoms with Crippen molar-refractivity contribution in [2.24, 2.45) is 0 Å². The maximum atomic E-state index is 12.8. The molecule has 3 rings (SSSR count). The van der Waals surface area contributed by atoms with E-state index >= 15 is 0 Å². The number of nitrogens with one attached hydrogen (secondary N) is 2. The molecule has 0 bridgehead atoms. The summed E-state index contributed by atoms with van der Waals surface area (Å²) >= 11 is 0. The summed E-state index contributed by atoms with van der Waals surface area (Å²) in [6.07, 6.45) is 3.00. The van der Waals surface area contributed by atoms with Crippen molar-refractivity contribution >= 4 is 34.0 Å². The molecular formula is C20H24ClN3O3S. The molecule has 0 atom stereocenters. The number of carbonyl (C=O) groups excluding carboxylic acids is 1. The highest BCUT2D eigenvalue weighted by atomic mass is 35.5. The number of hydrogen-bond acceptors (Lipinski definition) is 4. The van der Waals surface area contributed by atoms with Gasteiger partial charge >= 0.3 is 0 Å². The molecule has 0 fully saturated rings. The van der Waals surface area contributed by atoms with Crippen LogP contribution in [0.1, 0.15) is 16.8 Å². The highest BCUT2D eigenvalue weighted by molar-refractivity contribution is 7.92. The van der Waals surface area contributed by atoms with Crippen LogP contribution in [0.5, 0.6) is 0 Å². The number of halogens is 1. The minimum absolute atomic E-state index is 0. The van der Waals surface area contributed by atoms with Gasteiger partial charge in [-0.15, -0.1) is 12.4 Å². The van der Waals surface area contributed by atoms with Crippen LogP contribution in [0.4, 0.5) is 5.69 Å². The summed E-state index contributed by atoms with van der Waals surface area (Å²) in [7, 11) is -2.17. The Morgan fingerprint density at radius 3 is 2.39 bits per heavy atom. The Bertz CT molecular complexity index is 929. The summed E-state index contributed by atoms with van der Waals surface area (Å²) in [6.45, 7) is 2.26. The molecule has 1 amide bonds. The van der Waals surface area contributed by atoms with Gasteiger partial charge in [-0.05, 0) is 49.4 Å². The first kappa shape index (κ1) is 21.9. The number of sulfonamides is 1. The van der Waals surface area contributed by atoms with Gasteiger partial charge in [-0.25, -0.2) is 8.42 Å². The van der Waals surface area contributed by atoms with Crippen molar-refractivity contribution in [2.45, 2.75) is 11.3 Å². The normalized spacial score (nSPS) is 13.8. The van der Waals surface area contributed by atoms with E-state index in [1.807, 2.05) is 6.07 Å². The smallest absolute Gasteiger partial charge is 0.264 e. The summed E-state index contributed by atoms with van der Waals surface area (Å²) in [5, 5.41) is 6.11. The van der Waals surface area contributed by atoms with Crippen molar-refractivity contribution in [2.75, 3.05) is 31.0 Å².